The normalized spacial score (nSPS) is 33.8. The van der Waals surface area contributed by atoms with E-state index in [1.807, 2.05) is 6.08 Å². The van der Waals surface area contributed by atoms with Gasteiger partial charge in [-0.15, -0.1) is 0 Å². The van der Waals surface area contributed by atoms with Crippen molar-refractivity contribution in [2.45, 2.75) is 56.9 Å². The maximum absolute atomic E-state index is 11.1. The van der Waals surface area contributed by atoms with Crippen LogP contribution in [0.4, 0.5) is 0 Å². The zero-order valence-electron chi connectivity index (χ0n) is 12.3. The second kappa shape index (κ2) is 7.48. The minimum Gasteiger partial charge on any atom is -0.772 e. The fourth-order valence-corrected chi connectivity index (χ4v) is 3.96. The largest absolute Gasteiger partial charge is 0.772 e. The molecule has 0 bridgehead atoms. The molecule has 1 aliphatic carbocycles. The summed E-state index contributed by atoms with van der Waals surface area (Å²) in [5.74, 6) is 0.263. The molecule has 0 radical (unpaired) electrons. The van der Waals surface area contributed by atoms with E-state index in [2.05, 4.69) is 18.4 Å². The van der Waals surface area contributed by atoms with Crippen molar-refractivity contribution in [1.82, 2.24) is 4.90 Å². The quantitative estimate of drug-likeness (QED) is 0.592. The Balaban J connectivity index is 2.01. The van der Waals surface area contributed by atoms with Crippen molar-refractivity contribution in [3.8, 4) is 0 Å². The van der Waals surface area contributed by atoms with Gasteiger partial charge in [0.25, 0.3) is 0 Å². The van der Waals surface area contributed by atoms with Crippen molar-refractivity contribution < 1.29 is 8.76 Å². The molecule has 0 aromatic rings. The lowest BCUT2D eigenvalue weighted by atomic mass is 9.88. The van der Waals surface area contributed by atoms with Gasteiger partial charge < -0.3 is 4.55 Å². The van der Waals surface area contributed by atoms with Crippen molar-refractivity contribution in [3.05, 3.63) is 12.7 Å². The molecular weight excluding hydrogens is 272 g/mol. The lowest BCUT2D eigenvalue weighted by Gasteiger charge is -2.34. The summed E-state index contributed by atoms with van der Waals surface area (Å²) in [5, 5.41) is -0.193. The van der Waals surface area contributed by atoms with Gasteiger partial charge in [0.2, 0.25) is 0 Å². The van der Waals surface area contributed by atoms with Gasteiger partial charge in [-0.2, -0.15) is 0 Å². The highest BCUT2D eigenvalue weighted by atomic mass is 32.2. The highest BCUT2D eigenvalue weighted by Gasteiger charge is 2.26. The van der Waals surface area contributed by atoms with Crippen LogP contribution >= 0.6 is 0 Å². The van der Waals surface area contributed by atoms with Crippen molar-refractivity contribution in [3.63, 3.8) is 0 Å². The van der Waals surface area contributed by atoms with Crippen LogP contribution in [-0.2, 0) is 11.1 Å². The third-order valence-electron chi connectivity index (χ3n) is 4.45. The zero-order valence-corrected chi connectivity index (χ0v) is 13.1. The Morgan fingerprint density at radius 1 is 1.45 bits per heavy atom. The number of rotatable bonds is 4. The topological polar surface area (TPSA) is 55.7 Å². The van der Waals surface area contributed by atoms with Crippen LogP contribution < -0.4 is 0 Å². The Morgan fingerprint density at radius 2 is 2.15 bits per heavy atom. The molecule has 0 aromatic carbocycles. The van der Waals surface area contributed by atoms with Crippen molar-refractivity contribution in [2.75, 3.05) is 13.1 Å². The van der Waals surface area contributed by atoms with Gasteiger partial charge in [0.15, 0.2) is 0 Å². The van der Waals surface area contributed by atoms with Gasteiger partial charge in [0, 0.05) is 24.1 Å². The summed E-state index contributed by atoms with van der Waals surface area (Å²) in [6.07, 6.45) is 8.00. The Hall–Kier alpha value is -0.520. The summed E-state index contributed by atoms with van der Waals surface area (Å²) in [5.41, 5.74) is 1.17. The van der Waals surface area contributed by atoms with E-state index in [1.54, 1.807) is 0 Å². The summed E-state index contributed by atoms with van der Waals surface area (Å²) < 4.78 is 22.1. The van der Waals surface area contributed by atoms with Crippen LogP contribution in [0.15, 0.2) is 17.6 Å². The molecule has 4 unspecified atom stereocenters. The average Bonchev–Trinajstić information content (AvgIpc) is 2.46. The van der Waals surface area contributed by atoms with Gasteiger partial charge in [-0.1, -0.05) is 37.1 Å². The van der Waals surface area contributed by atoms with Crippen LogP contribution in [0.2, 0.25) is 0 Å². The van der Waals surface area contributed by atoms with Gasteiger partial charge in [-0.05, 0) is 38.0 Å². The molecular formula is C15H25N2O2S-. The molecule has 0 aromatic heterocycles. The number of nitrogens with zero attached hydrogens (tertiary/aromatic N) is 2. The molecule has 0 spiro atoms. The predicted octanol–water partition coefficient (Wildman–Crippen LogP) is 2.49. The van der Waals surface area contributed by atoms with E-state index in [1.165, 1.54) is 25.0 Å². The minimum absolute atomic E-state index is 0.0713. The lowest BCUT2D eigenvalue weighted by molar-refractivity contribution is 0.195. The second-order valence-corrected chi connectivity index (χ2v) is 7.11. The van der Waals surface area contributed by atoms with Crippen LogP contribution in [0.3, 0.4) is 0 Å². The summed E-state index contributed by atoms with van der Waals surface area (Å²) in [6.45, 7) is 8.20. The highest BCUT2D eigenvalue weighted by molar-refractivity contribution is 7.79. The fourth-order valence-electron chi connectivity index (χ4n) is 3.21. The molecule has 2 fully saturated rings. The first-order valence-corrected chi connectivity index (χ1v) is 8.77. The standard InChI is InChI=1S/C15H26N2O2S/c1-3-15(17-9-5-4-6-10-17)16-14-8-7-13(20(18)19)11-12(14)2/h3,12-13,15H,1,4-11H2,2H3,(H,18,19)/p-1. The number of aliphatic imine (C=N–C) groups is 1. The molecule has 0 N–H and O–H groups in total. The molecule has 4 nitrogen and oxygen atoms in total. The Bertz CT molecular complexity index is 391. The van der Waals surface area contributed by atoms with E-state index in [9.17, 15) is 8.76 Å². The number of hydrogen-bond donors (Lipinski definition) is 0. The van der Waals surface area contributed by atoms with Crippen LogP contribution in [0.1, 0.15) is 45.4 Å². The Kier molecular flexibility index (Phi) is 5.93. The SMILES string of the molecule is C=CC(N=C1CCC(S(=O)[O-])CC1C)N1CCCCC1. The molecule has 4 atom stereocenters. The van der Waals surface area contributed by atoms with E-state index < -0.39 is 11.1 Å². The van der Waals surface area contributed by atoms with Gasteiger partial charge in [0.1, 0.15) is 6.17 Å². The van der Waals surface area contributed by atoms with Crippen LogP contribution in [0.5, 0.6) is 0 Å². The summed E-state index contributed by atoms with van der Waals surface area (Å²) in [7, 11) is 0. The molecule has 1 saturated heterocycles. The molecule has 1 saturated carbocycles. The van der Waals surface area contributed by atoms with E-state index in [4.69, 9.17) is 4.99 Å². The average molecular weight is 297 g/mol. The van der Waals surface area contributed by atoms with Crippen molar-refractivity contribution in [1.29, 1.82) is 0 Å². The lowest BCUT2D eigenvalue weighted by Crippen LogP contribution is -2.38. The summed E-state index contributed by atoms with van der Waals surface area (Å²) in [6, 6.07) is 0. The van der Waals surface area contributed by atoms with Gasteiger partial charge in [0.05, 0.1) is 0 Å². The van der Waals surface area contributed by atoms with Crippen LogP contribution in [0, 0.1) is 5.92 Å². The molecule has 2 aliphatic rings. The number of hydrogen-bond acceptors (Lipinski definition) is 4. The first-order chi connectivity index (χ1) is 9.61. The molecule has 114 valence electrons. The van der Waals surface area contributed by atoms with Gasteiger partial charge in [-0.3, -0.25) is 14.1 Å². The highest BCUT2D eigenvalue weighted by Crippen LogP contribution is 2.26. The minimum atomic E-state index is -1.94. The fraction of sp³-hybridized carbons (Fsp3) is 0.800. The molecule has 1 aliphatic heterocycles. The third-order valence-corrected chi connectivity index (χ3v) is 5.43. The smallest absolute Gasteiger partial charge is 0.120 e. The Labute approximate surface area is 124 Å². The molecule has 0 amide bonds. The third kappa shape index (κ3) is 3.99. The van der Waals surface area contributed by atoms with E-state index >= 15 is 0 Å². The molecule has 20 heavy (non-hydrogen) atoms. The maximum Gasteiger partial charge on any atom is 0.120 e. The van der Waals surface area contributed by atoms with Gasteiger partial charge >= 0.3 is 0 Å². The first-order valence-electron chi connectivity index (χ1n) is 7.63. The van der Waals surface area contributed by atoms with Crippen molar-refractivity contribution in [2.24, 2.45) is 10.9 Å². The number of piperidine rings is 1. The first kappa shape index (κ1) is 15.9. The van der Waals surface area contributed by atoms with E-state index in [0.717, 1.165) is 19.5 Å². The number of likely N-dealkylation sites (tertiary alicyclic amines) is 1. The van der Waals surface area contributed by atoms with Crippen LogP contribution in [-0.4, -0.2) is 43.9 Å². The molecule has 5 heteroatoms. The maximum atomic E-state index is 11.1. The predicted molar refractivity (Wildman–Crippen MR) is 82.6 cm³/mol. The van der Waals surface area contributed by atoms with Crippen molar-refractivity contribution >= 4 is 16.8 Å². The monoisotopic (exact) mass is 297 g/mol. The van der Waals surface area contributed by atoms with Gasteiger partial charge in [-0.25, -0.2) is 0 Å². The Morgan fingerprint density at radius 3 is 2.70 bits per heavy atom. The van der Waals surface area contributed by atoms with E-state index in [0.29, 0.717) is 12.8 Å². The summed E-state index contributed by atoms with van der Waals surface area (Å²) in [4.78, 5) is 7.26. The second-order valence-electron chi connectivity index (χ2n) is 5.92. The summed E-state index contributed by atoms with van der Waals surface area (Å²) >= 11 is -1.94. The molecule has 1 heterocycles. The van der Waals surface area contributed by atoms with E-state index in [-0.39, 0.29) is 17.3 Å². The molecule has 2 rings (SSSR count). The zero-order chi connectivity index (χ0) is 14.5. The van der Waals surface area contributed by atoms with Crippen LogP contribution in [0.25, 0.3) is 0 Å².